The first-order valence-electron chi connectivity index (χ1n) is 8.01. The van der Waals surface area contributed by atoms with E-state index in [4.69, 9.17) is 0 Å². The Labute approximate surface area is 128 Å². The summed E-state index contributed by atoms with van der Waals surface area (Å²) in [6.07, 6.45) is 4.59. The Balaban J connectivity index is 1.96. The number of carbonyl (C=O) groups excluding carboxylic acids is 1. The van der Waals surface area contributed by atoms with E-state index in [1.165, 1.54) is 12.8 Å². The van der Waals surface area contributed by atoms with Crippen molar-refractivity contribution in [3.63, 3.8) is 0 Å². The molecule has 0 saturated heterocycles. The van der Waals surface area contributed by atoms with Crippen molar-refractivity contribution in [1.82, 2.24) is 15.1 Å². The smallest absolute Gasteiger partial charge is 0.255 e. The third-order valence-electron chi connectivity index (χ3n) is 5.02. The van der Waals surface area contributed by atoms with Crippen LogP contribution in [-0.4, -0.2) is 21.7 Å². The van der Waals surface area contributed by atoms with E-state index in [0.29, 0.717) is 11.5 Å². The minimum Gasteiger partial charge on any atom is -0.349 e. The summed E-state index contributed by atoms with van der Waals surface area (Å²) >= 11 is 0. The normalized spacial score (nSPS) is 23.1. The molecule has 1 fully saturated rings. The third kappa shape index (κ3) is 3.47. The standard InChI is InChI=1S/C17H29N3O/c1-11-15(12(2)20(6)19-11)16(21)18-14-9-7-13(8-10-14)17(3,4)5/h13-14H,7-10H2,1-6H3,(H,18,21). The topological polar surface area (TPSA) is 46.9 Å². The van der Waals surface area contributed by atoms with E-state index >= 15 is 0 Å². The van der Waals surface area contributed by atoms with Crippen LogP contribution in [0.3, 0.4) is 0 Å². The van der Waals surface area contributed by atoms with Crippen LogP contribution in [0, 0.1) is 25.2 Å². The molecule has 0 aromatic carbocycles. The van der Waals surface area contributed by atoms with Gasteiger partial charge in [-0.3, -0.25) is 9.48 Å². The van der Waals surface area contributed by atoms with Crippen molar-refractivity contribution in [3.8, 4) is 0 Å². The summed E-state index contributed by atoms with van der Waals surface area (Å²) in [5.74, 6) is 0.810. The zero-order valence-corrected chi connectivity index (χ0v) is 14.3. The van der Waals surface area contributed by atoms with Gasteiger partial charge in [0.2, 0.25) is 0 Å². The monoisotopic (exact) mass is 291 g/mol. The van der Waals surface area contributed by atoms with Gasteiger partial charge in [-0.05, 0) is 50.9 Å². The van der Waals surface area contributed by atoms with Crippen LogP contribution in [0.25, 0.3) is 0 Å². The van der Waals surface area contributed by atoms with Gasteiger partial charge in [0.25, 0.3) is 5.91 Å². The minimum atomic E-state index is 0.0392. The predicted octanol–water partition coefficient (Wildman–Crippen LogP) is 3.37. The zero-order chi connectivity index (χ0) is 15.8. The largest absolute Gasteiger partial charge is 0.349 e. The SMILES string of the molecule is Cc1nn(C)c(C)c1C(=O)NC1CCC(C(C)(C)C)CC1. The summed E-state index contributed by atoms with van der Waals surface area (Å²) in [5.41, 5.74) is 2.88. The van der Waals surface area contributed by atoms with Crippen molar-refractivity contribution in [2.24, 2.45) is 18.4 Å². The summed E-state index contributed by atoms with van der Waals surface area (Å²) in [4.78, 5) is 12.5. The first-order valence-corrected chi connectivity index (χ1v) is 8.01. The van der Waals surface area contributed by atoms with E-state index in [2.05, 4.69) is 31.2 Å². The highest BCUT2D eigenvalue weighted by atomic mass is 16.1. The lowest BCUT2D eigenvalue weighted by Crippen LogP contribution is -2.39. The number of nitrogens with one attached hydrogen (secondary N) is 1. The predicted molar refractivity (Wildman–Crippen MR) is 85.3 cm³/mol. The molecule has 0 aliphatic heterocycles. The van der Waals surface area contributed by atoms with E-state index in [9.17, 15) is 4.79 Å². The van der Waals surface area contributed by atoms with Crippen molar-refractivity contribution in [3.05, 3.63) is 17.0 Å². The second-order valence-electron chi connectivity index (χ2n) is 7.56. The van der Waals surface area contributed by atoms with E-state index in [-0.39, 0.29) is 5.91 Å². The summed E-state index contributed by atoms with van der Waals surface area (Å²) in [7, 11) is 1.88. The first kappa shape index (κ1) is 16.1. The summed E-state index contributed by atoms with van der Waals surface area (Å²) in [6.45, 7) is 10.8. The zero-order valence-electron chi connectivity index (χ0n) is 14.3. The Bertz CT molecular complexity index is 517. The lowest BCUT2D eigenvalue weighted by atomic mass is 9.71. The third-order valence-corrected chi connectivity index (χ3v) is 5.02. The number of hydrogen-bond acceptors (Lipinski definition) is 2. The molecule has 1 aliphatic carbocycles. The van der Waals surface area contributed by atoms with Gasteiger partial charge in [-0.1, -0.05) is 20.8 Å². The molecule has 1 N–H and O–H groups in total. The fourth-order valence-electron chi connectivity index (χ4n) is 3.46. The lowest BCUT2D eigenvalue weighted by Gasteiger charge is -2.37. The summed E-state index contributed by atoms with van der Waals surface area (Å²) in [5, 5.41) is 7.53. The number of rotatable bonds is 2. The number of aryl methyl sites for hydroxylation is 2. The molecule has 0 bridgehead atoms. The first-order chi connectivity index (χ1) is 9.70. The number of carbonyl (C=O) groups is 1. The van der Waals surface area contributed by atoms with Crippen LogP contribution >= 0.6 is 0 Å². The molecular formula is C17H29N3O. The van der Waals surface area contributed by atoms with Gasteiger partial charge in [-0.15, -0.1) is 0 Å². The molecular weight excluding hydrogens is 262 g/mol. The van der Waals surface area contributed by atoms with E-state index in [1.54, 1.807) is 4.68 Å². The van der Waals surface area contributed by atoms with Crippen LogP contribution in [0.4, 0.5) is 0 Å². The van der Waals surface area contributed by atoms with Gasteiger partial charge >= 0.3 is 0 Å². The van der Waals surface area contributed by atoms with Crippen LogP contribution in [0.5, 0.6) is 0 Å². The van der Waals surface area contributed by atoms with Gasteiger partial charge < -0.3 is 5.32 Å². The summed E-state index contributed by atoms with van der Waals surface area (Å²) < 4.78 is 1.78. The van der Waals surface area contributed by atoms with Crippen molar-refractivity contribution in [2.75, 3.05) is 0 Å². The molecule has 2 rings (SSSR count). The Hall–Kier alpha value is -1.32. The molecule has 1 heterocycles. The average molecular weight is 291 g/mol. The number of hydrogen-bond donors (Lipinski definition) is 1. The van der Waals surface area contributed by atoms with Crippen molar-refractivity contribution in [1.29, 1.82) is 0 Å². The molecule has 0 spiro atoms. The highest BCUT2D eigenvalue weighted by molar-refractivity contribution is 5.96. The highest BCUT2D eigenvalue weighted by Gasteiger charge is 2.30. The highest BCUT2D eigenvalue weighted by Crippen LogP contribution is 2.37. The Morgan fingerprint density at radius 2 is 1.76 bits per heavy atom. The Morgan fingerprint density at radius 3 is 2.19 bits per heavy atom. The quantitative estimate of drug-likeness (QED) is 0.908. The molecule has 118 valence electrons. The van der Waals surface area contributed by atoms with Crippen LogP contribution in [-0.2, 0) is 7.05 Å². The lowest BCUT2D eigenvalue weighted by molar-refractivity contribution is 0.0902. The number of aromatic nitrogens is 2. The Kier molecular flexibility index (Phi) is 4.45. The number of amides is 1. The molecule has 1 aliphatic rings. The van der Waals surface area contributed by atoms with Gasteiger partial charge in [-0.2, -0.15) is 5.10 Å². The minimum absolute atomic E-state index is 0.0392. The number of nitrogens with zero attached hydrogens (tertiary/aromatic N) is 2. The molecule has 0 unspecified atom stereocenters. The van der Waals surface area contributed by atoms with Crippen LogP contribution in [0.15, 0.2) is 0 Å². The summed E-state index contributed by atoms with van der Waals surface area (Å²) in [6, 6.07) is 0.315. The fourth-order valence-corrected chi connectivity index (χ4v) is 3.46. The fraction of sp³-hybridized carbons (Fsp3) is 0.765. The second kappa shape index (κ2) is 5.82. The molecule has 1 aromatic heterocycles. The van der Waals surface area contributed by atoms with Crippen LogP contribution < -0.4 is 5.32 Å². The van der Waals surface area contributed by atoms with E-state index in [0.717, 1.165) is 35.7 Å². The Morgan fingerprint density at radius 1 is 1.19 bits per heavy atom. The molecule has 0 atom stereocenters. The maximum Gasteiger partial charge on any atom is 0.255 e. The van der Waals surface area contributed by atoms with Crippen LogP contribution in [0.2, 0.25) is 0 Å². The molecule has 0 radical (unpaired) electrons. The maximum absolute atomic E-state index is 12.5. The molecule has 4 nitrogen and oxygen atoms in total. The van der Waals surface area contributed by atoms with E-state index in [1.807, 2.05) is 20.9 Å². The molecule has 21 heavy (non-hydrogen) atoms. The maximum atomic E-state index is 12.5. The van der Waals surface area contributed by atoms with Gasteiger partial charge in [0.05, 0.1) is 11.3 Å². The molecule has 1 saturated carbocycles. The van der Waals surface area contributed by atoms with Crippen molar-refractivity contribution < 1.29 is 4.79 Å². The second-order valence-corrected chi connectivity index (χ2v) is 7.56. The van der Waals surface area contributed by atoms with Gasteiger partial charge in [0.1, 0.15) is 0 Å². The average Bonchev–Trinajstić information content (AvgIpc) is 2.62. The van der Waals surface area contributed by atoms with E-state index < -0.39 is 0 Å². The molecule has 1 aromatic rings. The van der Waals surface area contributed by atoms with Gasteiger partial charge in [0, 0.05) is 18.8 Å². The van der Waals surface area contributed by atoms with Crippen molar-refractivity contribution in [2.45, 2.75) is 66.3 Å². The van der Waals surface area contributed by atoms with Crippen LogP contribution in [0.1, 0.15) is 68.2 Å². The van der Waals surface area contributed by atoms with Crippen molar-refractivity contribution >= 4 is 5.91 Å². The van der Waals surface area contributed by atoms with Gasteiger partial charge in [-0.25, -0.2) is 0 Å². The molecule has 1 amide bonds. The van der Waals surface area contributed by atoms with Gasteiger partial charge in [0.15, 0.2) is 0 Å². The molecule has 4 heteroatoms.